The summed E-state index contributed by atoms with van der Waals surface area (Å²) in [5.41, 5.74) is 4.27. The van der Waals surface area contributed by atoms with Crippen LogP contribution in [0, 0.1) is 6.92 Å². The van der Waals surface area contributed by atoms with Gasteiger partial charge in [-0.05, 0) is 51.0 Å². The minimum atomic E-state index is -0.121. The summed E-state index contributed by atoms with van der Waals surface area (Å²) in [6.45, 7) is 9.11. The number of aromatic nitrogens is 3. The van der Waals surface area contributed by atoms with E-state index in [0.717, 1.165) is 17.1 Å². The van der Waals surface area contributed by atoms with Gasteiger partial charge < -0.3 is 10.6 Å². The maximum Gasteiger partial charge on any atom is 0.225 e. The Morgan fingerprint density at radius 2 is 1.69 bits per heavy atom. The molecule has 2 heterocycles. The van der Waals surface area contributed by atoms with E-state index >= 15 is 0 Å². The molecule has 0 atom stereocenters. The summed E-state index contributed by atoms with van der Waals surface area (Å²) >= 11 is 0. The van der Waals surface area contributed by atoms with Crippen molar-refractivity contribution < 1.29 is 0 Å². The first-order chi connectivity index (χ1) is 12.4. The molecular formula is C21H25N5. The highest BCUT2D eigenvalue weighted by Crippen LogP contribution is 2.23. The van der Waals surface area contributed by atoms with E-state index < -0.39 is 0 Å². The summed E-state index contributed by atoms with van der Waals surface area (Å²) in [5.74, 6) is 1.40. The Labute approximate surface area is 154 Å². The smallest absolute Gasteiger partial charge is 0.225 e. The molecule has 0 unspecified atom stereocenters. The van der Waals surface area contributed by atoms with E-state index in [1.54, 1.807) is 12.4 Å². The highest BCUT2D eigenvalue weighted by atomic mass is 15.2. The van der Waals surface area contributed by atoms with E-state index in [1.165, 1.54) is 11.1 Å². The summed E-state index contributed by atoms with van der Waals surface area (Å²) < 4.78 is 0. The number of nitrogens with zero attached hydrogens (tertiary/aromatic N) is 3. The van der Waals surface area contributed by atoms with Gasteiger partial charge in [0.25, 0.3) is 0 Å². The number of hydrogen-bond donors (Lipinski definition) is 2. The molecule has 0 radical (unpaired) electrons. The second kappa shape index (κ2) is 7.52. The van der Waals surface area contributed by atoms with Gasteiger partial charge in [-0.15, -0.1) is 0 Å². The van der Waals surface area contributed by atoms with E-state index in [0.29, 0.717) is 12.5 Å². The molecule has 2 aromatic heterocycles. The molecule has 0 aliphatic heterocycles. The van der Waals surface area contributed by atoms with Crippen LogP contribution in [0.3, 0.4) is 0 Å². The van der Waals surface area contributed by atoms with Gasteiger partial charge in [-0.1, -0.05) is 24.3 Å². The maximum atomic E-state index is 4.67. The lowest BCUT2D eigenvalue weighted by molar-refractivity contribution is 0.626. The molecule has 0 aliphatic rings. The van der Waals surface area contributed by atoms with E-state index in [1.807, 2.05) is 18.2 Å². The minimum absolute atomic E-state index is 0.121. The van der Waals surface area contributed by atoms with Crippen LogP contribution in [-0.2, 0) is 6.54 Å². The molecule has 0 aliphatic carbocycles. The van der Waals surface area contributed by atoms with Crippen molar-refractivity contribution in [3.05, 3.63) is 66.0 Å². The van der Waals surface area contributed by atoms with Crippen molar-refractivity contribution in [2.24, 2.45) is 0 Å². The third-order valence-corrected chi connectivity index (χ3v) is 3.91. The predicted octanol–water partition coefficient (Wildman–Crippen LogP) is 4.67. The zero-order chi connectivity index (χ0) is 18.6. The van der Waals surface area contributed by atoms with Gasteiger partial charge in [-0.3, -0.25) is 4.98 Å². The fourth-order valence-corrected chi connectivity index (χ4v) is 2.59. The quantitative estimate of drug-likeness (QED) is 0.702. The molecule has 3 rings (SSSR count). The zero-order valence-electron chi connectivity index (χ0n) is 15.7. The van der Waals surface area contributed by atoms with Gasteiger partial charge >= 0.3 is 0 Å². The van der Waals surface area contributed by atoms with Crippen molar-refractivity contribution in [1.82, 2.24) is 15.0 Å². The molecule has 5 nitrogen and oxygen atoms in total. The van der Waals surface area contributed by atoms with Crippen LogP contribution in [-0.4, -0.2) is 20.5 Å². The van der Waals surface area contributed by atoms with E-state index in [2.05, 4.69) is 77.5 Å². The van der Waals surface area contributed by atoms with Crippen molar-refractivity contribution in [2.45, 2.75) is 39.8 Å². The standard InChI is InChI=1S/C21H25N5/c1-15-7-5-6-8-17(15)14-23-19-13-18(16-9-11-22-12-10-16)24-20(25-19)26-21(2,3)4/h5-13H,14H2,1-4H3,(H2,23,24,25,26). The highest BCUT2D eigenvalue weighted by molar-refractivity contribution is 5.64. The molecule has 1 aromatic carbocycles. The van der Waals surface area contributed by atoms with Crippen LogP contribution in [0.1, 0.15) is 31.9 Å². The lowest BCUT2D eigenvalue weighted by Gasteiger charge is -2.21. The third-order valence-electron chi connectivity index (χ3n) is 3.91. The second-order valence-corrected chi connectivity index (χ2v) is 7.35. The predicted molar refractivity (Wildman–Crippen MR) is 107 cm³/mol. The Kier molecular flexibility index (Phi) is 5.16. The minimum Gasteiger partial charge on any atom is -0.366 e. The Morgan fingerprint density at radius 3 is 2.38 bits per heavy atom. The van der Waals surface area contributed by atoms with E-state index in [9.17, 15) is 0 Å². The first kappa shape index (κ1) is 17.9. The van der Waals surface area contributed by atoms with Crippen LogP contribution in [0.4, 0.5) is 11.8 Å². The largest absolute Gasteiger partial charge is 0.366 e. The van der Waals surface area contributed by atoms with Crippen molar-refractivity contribution in [3.8, 4) is 11.3 Å². The Balaban J connectivity index is 1.90. The topological polar surface area (TPSA) is 62.7 Å². The number of benzene rings is 1. The lowest BCUT2D eigenvalue weighted by atomic mass is 10.1. The van der Waals surface area contributed by atoms with Crippen LogP contribution in [0.5, 0.6) is 0 Å². The molecule has 5 heteroatoms. The second-order valence-electron chi connectivity index (χ2n) is 7.35. The Hall–Kier alpha value is -2.95. The SMILES string of the molecule is Cc1ccccc1CNc1cc(-c2ccncc2)nc(NC(C)(C)C)n1. The first-order valence-electron chi connectivity index (χ1n) is 8.77. The van der Waals surface area contributed by atoms with Crippen LogP contribution >= 0.6 is 0 Å². The van der Waals surface area contributed by atoms with Crippen molar-refractivity contribution in [3.63, 3.8) is 0 Å². The molecule has 0 spiro atoms. The molecule has 134 valence electrons. The molecule has 0 saturated heterocycles. The summed E-state index contributed by atoms with van der Waals surface area (Å²) in [6.07, 6.45) is 3.55. The van der Waals surface area contributed by atoms with E-state index in [-0.39, 0.29) is 5.54 Å². The number of pyridine rings is 1. The summed E-state index contributed by atoms with van der Waals surface area (Å²) in [7, 11) is 0. The Bertz CT molecular complexity index is 869. The van der Waals surface area contributed by atoms with Crippen LogP contribution in [0.15, 0.2) is 54.9 Å². The average molecular weight is 347 g/mol. The molecule has 0 fully saturated rings. The van der Waals surface area contributed by atoms with Crippen molar-refractivity contribution in [2.75, 3.05) is 10.6 Å². The van der Waals surface area contributed by atoms with Crippen LogP contribution in [0.25, 0.3) is 11.3 Å². The molecule has 0 bridgehead atoms. The molecule has 0 amide bonds. The number of aryl methyl sites for hydroxylation is 1. The maximum absolute atomic E-state index is 4.67. The van der Waals surface area contributed by atoms with Gasteiger partial charge in [-0.25, -0.2) is 4.98 Å². The van der Waals surface area contributed by atoms with Gasteiger partial charge in [0.15, 0.2) is 0 Å². The van der Waals surface area contributed by atoms with Gasteiger partial charge in [0.1, 0.15) is 5.82 Å². The summed E-state index contributed by atoms with van der Waals surface area (Å²) in [5, 5.41) is 6.79. The molecule has 3 aromatic rings. The number of nitrogens with one attached hydrogen (secondary N) is 2. The fourth-order valence-electron chi connectivity index (χ4n) is 2.59. The van der Waals surface area contributed by atoms with Gasteiger partial charge in [-0.2, -0.15) is 4.98 Å². The highest BCUT2D eigenvalue weighted by Gasteiger charge is 2.14. The number of anilines is 2. The van der Waals surface area contributed by atoms with Crippen molar-refractivity contribution in [1.29, 1.82) is 0 Å². The van der Waals surface area contributed by atoms with E-state index in [4.69, 9.17) is 0 Å². The molecule has 0 saturated carbocycles. The Morgan fingerprint density at radius 1 is 0.962 bits per heavy atom. The average Bonchev–Trinajstić information content (AvgIpc) is 2.60. The van der Waals surface area contributed by atoms with Gasteiger partial charge in [0.2, 0.25) is 5.95 Å². The summed E-state index contributed by atoms with van der Waals surface area (Å²) in [6, 6.07) is 14.2. The van der Waals surface area contributed by atoms with Crippen molar-refractivity contribution >= 4 is 11.8 Å². The van der Waals surface area contributed by atoms with Crippen LogP contribution < -0.4 is 10.6 Å². The molecular weight excluding hydrogens is 322 g/mol. The molecule has 2 N–H and O–H groups in total. The zero-order valence-corrected chi connectivity index (χ0v) is 15.7. The fraction of sp³-hybridized carbons (Fsp3) is 0.286. The normalized spacial score (nSPS) is 11.2. The van der Waals surface area contributed by atoms with Crippen LogP contribution in [0.2, 0.25) is 0 Å². The monoisotopic (exact) mass is 347 g/mol. The number of hydrogen-bond acceptors (Lipinski definition) is 5. The van der Waals surface area contributed by atoms with Gasteiger partial charge in [0.05, 0.1) is 5.69 Å². The van der Waals surface area contributed by atoms with Gasteiger partial charge in [0, 0.05) is 36.1 Å². The summed E-state index contributed by atoms with van der Waals surface area (Å²) in [4.78, 5) is 13.4. The number of rotatable bonds is 5. The first-order valence-corrected chi connectivity index (χ1v) is 8.77. The lowest BCUT2D eigenvalue weighted by Crippen LogP contribution is -2.27. The third kappa shape index (κ3) is 4.79. The molecule has 26 heavy (non-hydrogen) atoms.